The number of aryl methyl sites for hydroxylation is 1. The van der Waals surface area contributed by atoms with Gasteiger partial charge < -0.3 is 14.0 Å². The lowest BCUT2D eigenvalue weighted by molar-refractivity contribution is 0.189. The first-order chi connectivity index (χ1) is 9.70. The fraction of sp³-hybridized carbons (Fsp3) is 0.429. The second-order valence-corrected chi connectivity index (χ2v) is 4.93. The molecule has 108 valence electrons. The summed E-state index contributed by atoms with van der Waals surface area (Å²) in [4.78, 5) is 0. The van der Waals surface area contributed by atoms with E-state index in [2.05, 4.69) is 10.2 Å². The minimum atomic E-state index is 0.392. The van der Waals surface area contributed by atoms with Gasteiger partial charge in [-0.2, -0.15) is 5.10 Å². The van der Waals surface area contributed by atoms with Crippen LogP contribution >= 0.6 is 12.2 Å². The third-order valence-electron chi connectivity index (χ3n) is 2.96. The average molecular weight is 293 g/mol. The zero-order valence-electron chi connectivity index (χ0n) is 11.8. The van der Waals surface area contributed by atoms with Gasteiger partial charge in [0.2, 0.25) is 0 Å². The number of methoxy groups -OCH3 is 1. The van der Waals surface area contributed by atoms with Gasteiger partial charge in [0, 0.05) is 20.3 Å². The van der Waals surface area contributed by atoms with Crippen LogP contribution in [0.4, 0.5) is 0 Å². The van der Waals surface area contributed by atoms with Gasteiger partial charge in [-0.25, -0.2) is 0 Å². The Morgan fingerprint density at radius 1 is 1.30 bits per heavy atom. The molecule has 2 rings (SSSR count). The lowest BCUT2D eigenvalue weighted by Gasteiger charge is -2.08. The molecule has 0 saturated heterocycles. The zero-order valence-corrected chi connectivity index (χ0v) is 12.6. The van der Waals surface area contributed by atoms with E-state index >= 15 is 0 Å². The minimum Gasteiger partial charge on any atom is -0.486 e. The molecule has 2 aromatic rings. The predicted octanol–water partition coefficient (Wildman–Crippen LogP) is 2.86. The molecule has 0 radical (unpaired) electrons. The summed E-state index contributed by atoms with van der Waals surface area (Å²) >= 11 is 5.22. The molecule has 0 amide bonds. The van der Waals surface area contributed by atoms with E-state index in [4.69, 9.17) is 21.7 Å². The SMILES string of the molecule is COCCCn1c(COc2ccc(C)cc2)n[nH]c1=S. The maximum Gasteiger partial charge on any atom is 0.195 e. The molecule has 1 heterocycles. The minimum absolute atomic E-state index is 0.392. The summed E-state index contributed by atoms with van der Waals surface area (Å²) in [5, 5.41) is 7.01. The van der Waals surface area contributed by atoms with Gasteiger partial charge >= 0.3 is 0 Å². The molecule has 0 bridgehead atoms. The topological polar surface area (TPSA) is 52.1 Å². The highest BCUT2D eigenvalue weighted by molar-refractivity contribution is 7.71. The zero-order chi connectivity index (χ0) is 14.4. The largest absolute Gasteiger partial charge is 0.486 e. The molecule has 5 nitrogen and oxygen atoms in total. The van der Waals surface area contributed by atoms with Crippen LogP contribution in [0.5, 0.6) is 5.75 Å². The summed E-state index contributed by atoms with van der Waals surface area (Å²) in [7, 11) is 1.69. The van der Waals surface area contributed by atoms with Crippen molar-refractivity contribution in [3.63, 3.8) is 0 Å². The summed E-state index contributed by atoms with van der Waals surface area (Å²) in [5.74, 6) is 1.62. The first-order valence-corrected chi connectivity index (χ1v) is 6.94. The molecule has 20 heavy (non-hydrogen) atoms. The first kappa shape index (κ1) is 14.7. The van der Waals surface area contributed by atoms with Crippen LogP contribution in [0.3, 0.4) is 0 Å². The second kappa shape index (κ2) is 7.21. The smallest absolute Gasteiger partial charge is 0.195 e. The number of hydrogen-bond acceptors (Lipinski definition) is 4. The van der Waals surface area contributed by atoms with Crippen molar-refractivity contribution in [2.75, 3.05) is 13.7 Å². The number of aromatic nitrogens is 3. The molecular weight excluding hydrogens is 274 g/mol. The molecule has 0 atom stereocenters. The van der Waals surface area contributed by atoms with Crippen molar-refractivity contribution in [1.29, 1.82) is 0 Å². The van der Waals surface area contributed by atoms with Gasteiger partial charge in [-0.15, -0.1) is 0 Å². The quantitative estimate of drug-likeness (QED) is 0.630. The summed E-state index contributed by atoms with van der Waals surface area (Å²) in [6.07, 6.45) is 0.891. The van der Waals surface area contributed by atoms with Crippen molar-refractivity contribution in [1.82, 2.24) is 14.8 Å². The Morgan fingerprint density at radius 3 is 2.75 bits per heavy atom. The van der Waals surface area contributed by atoms with E-state index in [1.165, 1.54) is 5.56 Å². The predicted molar refractivity (Wildman–Crippen MR) is 79.4 cm³/mol. The van der Waals surface area contributed by atoms with E-state index in [9.17, 15) is 0 Å². The molecule has 0 aliphatic heterocycles. The van der Waals surface area contributed by atoms with Crippen molar-refractivity contribution < 1.29 is 9.47 Å². The van der Waals surface area contributed by atoms with Crippen molar-refractivity contribution in [3.05, 3.63) is 40.4 Å². The van der Waals surface area contributed by atoms with Gasteiger partial charge in [-0.05, 0) is 37.7 Å². The van der Waals surface area contributed by atoms with Crippen LogP contribution in [0.15, 0.2) is 24.3 Å². The van der Waals surface area contributed by atoms with Crippen LogP contribution in [0.25, 0.3) is 0 Å². The Bertz CT molecular complexity index is 589. The number of benzene rings is 1. The van der Waals surface area contributed by atoms with E-state index in [1.54, 1.807) is 7.11 Å². The van der Waals surface area contributed by atoms with E-state index in [0.717, 1.165) is 24.5 Å². The normalized spacial score (nSPS) is 10.7. The molecule has 1 aromatic carbocycles. The summed E-state index contributed by atoms with van der Waals surface area (Å²) in [6.45, 7) is 3.91. The van der Waals surface area contributed by atoms with E-state index in [0.29, 0.717) is 18.0 Å². The van der Waals surface area contributed by atoms with E-state index in [1.807, 2.05) is 35.8 Å². The number of rotatable bonds is 7. The number of aromatic amines is 1. The summed E-state index contributed by atoms with van der Waals surface area (Å²) in [6, 6.07) is 7.94. The van der Waals surface area contributed by atoms with E-state index < -0.39 is 0 Å². The van der Waals surface area contributed by atoms with Crippen LogP contribution in [-0.2, 0) is 17.9 Å². The van der Waals surface area contributed by atoms with Gasteiger partial charge in [-0.3, -0.25) is 5.10 Å². The molecule has 1 aromatic heterocycles. The molecule has 0 aliphatic carbocycles. The van der Waals surface area contributed by atoms with Crippen LogP contribution in [0, 0.1) is 11.7 Å². The lowest BCUT2D eigenvalue weighted by Crippen LogP contribution is -2.09. The Morgan fingerprint density at radius 2 is 2.05 bits per heavy atom. The molecule has 0 unspecified atom stereocenters. The summed E-state index contributed by atoms with van der Waals surface area (Å²) < 4.78 is 13.3. The highest BCUT2D eigenvalue weighted by atomic mass is 32.1. The van der Waals surface area contributed by atoms with E-state index in [-0.39, 0.29) is 0 Å². The second-order valence-electron chi connectivity index (χ2n) is 4.54. The first-order valence-electron chi connectivity index (χ1n) is 6.53. The number of nitrogens with zero attached hydrogens (tertiary/aromatic N) is 2. The van der Waals surface area contributed by atoms with Crippen LogP contribution in [-0.4, -0.2) is 28.5 Å². The standard InChI is InChI=1S/C14H19N3O2S/c1-11-4-6-12(7-5-11)19-10-13-15-16-14(20)17(13)8-3-9-18-2/h4-7H,3,8-10H2,1-2H3,(H,16,20). The van der Waals surface area contributed by atoms with Gasteiger partial charge in [0.25, 0.3) is 0 Å². The molecule has 0 aliphatic rings. The van der Waals surface area contributed by atoms with Crippen molar-refractivity contribution in [2.45, 2.75) is 26.5 Å². The molecule has 6 heteroatoms. The van der Waals surface area contributed by atoms with Crippen molar-refractivity contribution >= 4 is 12.2 Å². The lowest BCUT2D eigenvalue weighted by atomic mass is 10.2. The maximum atomic E-state index is 5.73. The Labute approximate surface area is 123 Å². The molecule has 0 spiro atoms. The Kier molecular flexibility index (Phi) is 5.31. The van der Waals surface area contributed by atoms with Crippen LogP contribution in [0.1, 0.15) is 17.8 Å². The molecule has 0 fully saturated rings. The number of H-pyrrole nitrogens is 1. The monoisotopic (exact) mass is 293 g/mol. The third-order valence-corrected chi connectivity index (χ3v) is 3.27. The third kappa shape index (κ3) is 3.91. The van der Waals surface area contributed by atoms with Gasteiger partial charge in [0.1, 0.15) is 12.4 Å². The Balaban J connectivity index is 1.98. The molecular formula is C14H19N3O2S. The van der Waals surface area contributed by atoms with Crippen molar-refractivity contribution in [3.8, 4) is 5.75 Å². The van der Waals surface area contributed by atoms with Crippen LogP contribution < -0.4 is 4.74 Å². The maximum absolute atomic E-state index is 5.73. The fourth-order valence-corrected chi connectivity index (χ4v) is 2.08. The number of nitrogens with one attached hydrogen (secondary N) is 1. The molecule has 0 saturated carbocycles. The van der Waals surface area contributed by atoms with Gasteiger partial charge in [0.05, 0.1) is 0 Å². The number of hydrogen-bond donors (Lipinski definition) is 1. The number of ether oxygens (including phenoxy) is 2. The highest BCUT2D eigenvalue weighted by Gasteiger charge is 2.06. The highest BCUT2D eigenvalue weighted by Crippen LogP contribution is 2.13. The fourth-order valence-electron chi connectivity index (χ4n) is 1.84. The average Bonchev–Trinajstić information content (AvgIpc) is 2.80. The van der Waals surface area contributed by atoms with Crippen molar-refractivity contribution in [2.24, 2.45) is 0 Å². The van der Waals surface area contributed by atoms with Gasteiger partial charge in [-0.1, -0.05) is 17.7 Å². The van der Waals surface area contributed by atoms with Gasteiger partial charge in [0.15, 0.2) is 10.6 Å². The summed E-state index contributed by atoms with van der Waals surface area (Å²) in [5.41, 5.74) is 1.21. The Hall–Kier alpha value is -1.66. The molecule has 1 N–H and O–H groups in total. The van der Waals surface area contributed by atoms with Crippen LogP contribution in [0.2, 0.25) is 0 Å².